The van der Waals surface area contributed by atoms with E-state index in [-0.39, 0.29) is 0 Å². The fraction of sp³-hybridized carbons (Fsp3) is 0.500. The SMILES string of the molecule is Cc1cc2[nH]ncc2c(C(C)C)c1C(C)C. The number of benzene rings is 1. The van der Waals surface area contributed by atoms with Crippen LogP contribution in [0.4, 0.5) is 0 Å². The van der Waals surface area contributed by atoms with Crippen molar-refractivity contribution in [1.29, 1.82) is 0 Å². The largest absolute Gasteiger partial charge is 0.278 e. The van der Waals surface area contributed by atoms with E-state index < -0.39 is 0 Å². The molecule has 0 fully saturated rings. The summed E-state index contributed by atoms with van der Waals surface area (Å²) in [6.45, 7) is 11.2. The van der Waals surface area contributed by atoms with Crippen LogP contribution in [-0.4, -0.2) is 10.2 Å². The van der Waals surface area contributed by atoms with Gasteiger partial charge in [-0.1, -0.05) is 27.7 Å². The Balaban J connectivity index is 2.85. The molecule has 0 radical (unpaired) electrons. The van der Waals surface area contributed by atoms with Crippen LogP contribution < -0.4 is 0 Å². The quantitative estimate of drug-likeness (QED) is 0.803. The summed E-state index contributed by atoms with van der Waals surface area (Å²) in [5, 5.41) is 8.51. The molecule has 1 N–H and O–H groups in total. The first-order chi connectivity index (χ1) is 7.52. The molecule has 2 rings (SSSR count). The van der Waals surface area contributed by atoms with Crippen LogP contribution in [0.25, 0.3) is 10.9 Å². The molecule has 16 heavy (non-hydrogen) atoms. The van der Waals surface area contributed by atoms with Gasteiger partial charge in [0.05, 0.1) is 11.7 Å². The maximum absolute atomic E-state index is 4.16. The molecular weight excluding hydrogens is 196 g/mol. The summed E-state index contributed by atoms with van der Waals surface area (Å²) >= 11 is 0. The number of nitrogens with zero attached hydrogens (tertiary/aromatic N) is 1. The Labute approximate surface area is 97.1 Å². The van der Waals surface area contributed by atoms with Crippen LogP contribution >= 0.6 is 0 Å². The highest BCUT2D eigenvalue weighted by Crippen LogP contribution is 2.34. The lowest BCUT2D eigenvalue weighted by molar-refractivity contribution is 0.791. The molecule has 0 unspecified atom stereocenters. The van der Waals surface area contributed by atoms with Crippen molar-refractivity contribution in [2.45, 2.75) is 46.5 Å². The zero-order valence-electron chi connectivity index (χ0n) is 10.8. The molecule has 0 aliphatic carbocycles. The minimum Gasteiger partial charge on any atom is -0.278 e. The first-order valence-electron chi connectivity index (χ1n) is 5.98. The van der Waals surface area contributed by atoms with Gasteiger partial charge in [-0.2, -0.15) is 5.10 Å². The number of nitrogens with one attached hydrogen (secondary N) is 1. The van der Waals surface area contributed by atoms with Crippen molar-refractivity contribution in [2.75, 3.05) is 0 Å². The Kier molecular flexibility index (Phi) is 2.75. The van der Waals surface area contributed by atoms with Crippen LogP contribution in [0.2, 0.25) is 0 Å². The lowest BCUT2D eigenvalue weighted by Gasteiger charge is -2.19. The number of fused-ring (bicyclic) bond motifs is 1. The second-order valence-electron chi connectivity index (χ2n) is 5.16. The highest BCUT2D eigenvalue weighted by atomic mass is 15.1. The van der Waals surface area contributed by atoms with E-state index in [4.69, 9.17) is 0 Å². The van der Waals surface area contributed by atoms with Gasteiger partial charge in [0.2, 0.25) is 0 Å². The zero-order valence-corrected chi connectivity index (χ0v) is 10.8. The first kappa shape index (κ1) is 11.2. The van der Waals surface area contributed by atoms with Crippen molar-refractivity contribution in [1.82, 2.24) is 10.2 Å². The minimum atomic E-state index is 0.539. The lowest BCUT2D eigenvalue weighted by Crippen LogP contribution is -2.02. The van der Waals surface area contributed by atoms with Crippen LogP contribution in [0.15, 0.2) is 12.3 Å². The molecule has 0 bridgehead atoms. The van der Waals surface area contributed by atoms with E-state index in [0.717, 1.165) is 5.52 Å². The number of hydrogen-bond acceptors (Lipinski definition) is 1. The molecule has 0 aliphatic heterocycles. The van der Waals surface area contributed by atoms with Gasteiger partial charge in [-0.25, -0.2) is 0 Å². The Morgan fingerprint density at radius 2 is 1.69 bits per heavy atom. The fourth-order valence-electron chi connectivity index (χ4n) is 2.66. The Morgan fingerprint density at radius 1 is 1.06 bits per heavy atom. The van der Waals surface area contributed by atoms with E-state index >= 15 is 0 Å². The summed E-state index contributed by atoms with van der Waals surface area (Å²) < 4.78 is 0. The third-order valence-corrected chi connectivity index (χ3v) is 3.19. The lowest BCUT2D eigenvalue weighted by atomic mass is 9.85. The average molecular weight is 216 g/mol. The van der Waals surface area contributed by atoms with Crippen molar-refractivity contribution in [2.24, 2.45) is 0 Å². The number of H-pyrrole nitrogens is 1. The molecule has 0 saturated carbocycles. The Morgan fingerprint density at radius 3 is 2.25 bits per heavy atom. The summed E-state index contributed by atoms with van der Waals surface area (Å²) in [4.78, 5) is 0. The number of aryl methyl sites for hydroxylation is 1. The summed E-state index contributed by atoms with van der Waals surface area (Å²) in [5.74, 6) is 1.11. The van der Waals surface area contributed by atoms with Crippen molar-refractivity contribution in [3.63, 3.8) is 0 Å². The van der Waals surface area contributed by atoms with E-state index in [2.05, 4.69) is 50.9 Å². The van der Waals surface area contributed by atoms with Gasteiger partial charge >= 0.3 is 0 Å². The topological polar surface area (TPSA) is 28.7 Å². The molecule has 86 valence electrons. The van der Waals surface area contributed by atoms with Crippen LogP contribution in [0, 0.1) is 6.92 Å². The molecule has 1 heterocycles. The van der Waals surface area contributed by atoms with E-state index in [1.807, 2.05) is 6.20 Å². The van der Waals surface area contributed by atoms with Crippen LogP contribution in [0.3, 0.4) is 0 Å². The maximum Gasteiger partial charge on any atom is 0.0656 e. The molecule has 1 aromatic heterocycles. The van der Waals surface area contributed by atoms with Gasteiger partial charge in [0, 0.05) is 5.39 Å². The molecule has 0 spiro atoms. The predicted octanol–water partition coefficient (Wildman–Crippen LogP) is 4.12. The fourth-order valence-corrected chi connectivity index (χ4v) is 2.66. The molecular formula is C14H20N2. The molecule has 0 atom stereocenters. The standard InChI is InChI=1S/C14H20N2/c1-8(2)13-10(5)6-12-11(7-15-16-12)14(13)9(3)4/h6-9H,1-5H3,(H,15,16). The van der Waals surface area contributed by atoms with Gasteiger partial charge in [0.1, 0.15) is 0 Å². The van der Waals surface area contributed by atoms with Crippen molar-refractivity contribution in [3.05, 3.63) is 29.0 Å². The summed E-state index contributed by atoms with van der Waals surface area (Å²) in [6, 6.07) is 2.21. The number of aromatic nitrogens is 2. The third kappa shape index (κ3) is 1.62. The Hall–Kier alpha value is -1.31. The van der Waals surface area contributed by atoms with Gasteiger partial charge in [-0.15, -0.1) is 0 Å². The molecule has 2 heteroatoms. The summed E-state index contributed by atoms with van der Waals surface area (Å²) in [5.41, 5.74) is 5.48. The normalized spacial score (nSPS) is 11.9. The number of hydrogen-bond donors (Lipinski definition) is 1. The Bertz CT molecular complexity index is 507. The second kappa shape index (κ2) is 3.93. The third-order valence-electron chi connectivity index (χ3n) is 3.19. The number of rotatable bonds is 2. The van der Waals surface area contributed by atoms with Crippen LogP contribution in [0.5, 0.6) is 0 Å². The molecule has 2 nitrogen and oxygen atoms in total. The second-order valence-corrected chi connectivity index (χ2v) is 5.16. The van der Waals surface area contributed by atoms with Crippen LogP contribution in [-0.2, 0) is 0 Å². The van der Waals surface area contributed by atoms with Gasteiger partial charge in [-0.05, 0) is 41.5 Å². The van der Waals surface area contributed by atoms with E-state index in [1.165, 1.54) is 22.1 Å². The molecule has 0 saturated heterocycles. The van der Waals surface area contributed by atoms with E-state index in [9.17, 15) is 0 Å². The molecule has 1 aromatic carbocycles. The van der Waals surface area contributed by atoms with Crippen molar-refractivity contribution in [3.8, 4) is 0 Å². The highest BCUT2D eigenvalue weighted by molar-refractivity contribution is 5.84. The molecule has 2 aromatic rings. The van der Waals surface area contributed by atoms with Gasteiger partial charge in [-0.3, -0.25) is 5.10 Å². The maximum atomic E-state index is 4.16. The van der Waals surface area contributed by atoms with Crippen molar-refractivity contribution >= 4 is 10.9 Å². The van der Waals surface area contributed by atoms with E-state index in [1.54, 1.807) is 0 Å². The van der Waals surface area contributed by atoms with Gasteiger partial charge in [0.15, 0.2) is 0 Å². The van der Waals surface area contributed by atoms with Crippen LogP contribution in [0.1, 0.15) is 56.2 Å². The summed E-state index contributed by atoms with van der Waals surface area (Å²) in [6.07, 6.45) is 1.95. The number of aromatic amines is 1. The minimum absolute atomic E-state index is 0.539. The summed E-state index contributed by atoms with van der Waals surface area (Å²) in [7, 11) is 0. The average Bonchev–Trinajstić information content (AvgIpc) is 2.61. The van der Waals surface area contributed by atoms with Gasteiger partial charge in [0.25, 0.3) is 0 Å². The smallest absolute Gasteiger partial charge is 0.0656 e. The first-order valence-corrected chi connectivity index (χ1v) is 5.98. The van der Waals surface area contributed by atoms with E-state index in [0.29, 0.717) is 11.8 Å². The van der Waals surface area contributed by atoms with Gasteiger partial charge < -0.3 is 0 Å². The zero-order chi connectivity index (χ0) is 11.9. The van der Waals surface area contributed by atoms with Crippen molar-refractivity contribution < 1.29 is 0 Å². The highest BCUT2D eigenvalue weighted by Gasteiger charge is 2.17. The molecule has 0 aliphatic rings. The predicted molar refractivity (Wildman–Crippen MR) is 69.0 cm³/mol. The molecule has 0 amide bonds. The monoisotopic (exact) mass is 216 g/mol.